The van der Waals surface area contributed by atoms with Crippen LogP contribution in [0.5, 0.6) is 5.75 Å². The van der Waals surface area contributed by atoms with Gasteiger partial charge in [0.15, 0.2) is 6.61 Å². The van der Waals surface area contributed by atoms with E-state index in [9.17, 15) is 13.6 Å². The van der Waals surface area contributed by atoms with Gasteiger partial charge in [0.2, 0.25) is 0 Å². The molecular formula is C10H9ClF2O2. The van der Waals surface area contributed by atoms with Gasteiger partial charge in [-0.2, -0.15) is 0 Å². The van der Waals surface area contributed by atoms with E-state index in [0.717, 1.165) is 6.92 Å². The highest BCUT2D eigenvalue weighted by atomic mass is 35.5. The van der Waals surface area contributed by atoms with Crippen molar-refractivity contribution in [3.8, 4) is 5.75 Å². The largest absolute Gasteiger partial charge is 0.487 e. The zero-order valence-electron chi connectivity index (χ0n) is 7.97. The summed E-state index contributed by atoms with van der Waals surface area (Å²) in [4.78, 5) is 10.7. The van der Waals surface area contributed by atoms with Crippen LogP contribution in [0.25, 0.3) is 0 Å². The van der Waals surface area contributed by atoms with Gasteiger partial charge in [0.25, 0.3) is 11.2 Å². The van der Waals surface area contributed by atoms with E-state index in [1.54, 1.807) is 0 Å². The van der Waals surface area contributed by atoms with Gasteiger partial charge in [-0.15, -0.1) is 0 Å². The Labute approximate surface area is 90.8 Å². The first-order chi connectivity index (χ1) is 6.88. The summed E-state index contributed by atoms with van der Waals surface area (Å²) in [6.07, 6.45) is 0. The fraction of sp³-hybridized carbons (Fsp3) is 0.300. The molecule has 5 heteroatoms. The zero-order valence-corrected chi connectivity index (χ0v) is 8.72. The Bertz CT molecular complexity index is 343. The smallest absolute Gasteiger partial charge is 0.278 e. The van der Waals surface area contributed by atoms with Gasteiger partial charge in [-0.1, -0.05) is 0 Å². The molecule has 0 radical (unpaired) electrons. The van der Waals surface area contributed by atoms with Crippen molar-refractivity contribution in [3.05, 3.63) is 29.8 Å². The minimum Gasteiger partial charge on any atom is -0.487 e. The number of hydrogen-bond acceptors (Lipinski definition) is 2. The molecule has 1 rings (SSSR count). The lowest BCUT2D eigenvalue weighted by atomic mass is 10.2. The zero-order chi connectivity index (χ0) is 11.5. The van der Waals surface area contributed by atoms with Gasteiger partial charge in [-0.3, -0.25) is 4.79 Å². The quantitative estimate of drug-likeness (QED) is 0.749. The number of ether oxygens (including phenoxy) is 1. The van der Waals surface area contributed by atoms with Gasteiger partial charge in [0, 0.05) is 12.5 Å². The predicted octanol–water partition coefficient (Wildman–Crippen LogP) is 3.10. The number of rotatable bonds is 4. The highest BCUT2D eigenvalue weighted by molar-refractivity contribution is 6.67. The highest BCUT2D eigenvalue weighted by Gasteiger charge is 2.21. The molecule has 0 N–H and O–H groups in total. The Morgan fingerprint density at radius 3 is 2.33 bits per heavy atom. The number of hydrogen-bond donors (Lipinski definition) is 0. The third-order valence-corrected chi connectivity index (χ3v) is 1.79. The van der Waals surface area contributed by atoms with Crippen molar-refractivity contribution in [3.63, 3.8) is 0 Å². The summed E-state index contributed by atoms with van der Waals surface area (Å²) in [5, 5.41) is -0.595. The summed E-state index contributed by atoms with van der Waals surface area (Å²) in [6, 6.07) is 5.67. The second-order valence-corrected chi connectivity index (χ2v) is 3.50. The van der Waals surface area contributed by atoms with Crippen LogP contribution in [0.3, 0.4) is 0 Å². The first kappa shape index (κ1) is 11.9. The molecule has 0 bridgehead atoms. The molecule has 1 aromatic carbocycles. The number of carbonyl (C=O) groups is 1. The summed E-state index contributed by atoms with van der Waals surface area (Å²) < 4.78 is 29.6. The highest BCUT2D eigenvalue weighted by Crippen LogP contribution is 2.17. The molecule has 82 valence electrons. The molecule has 0 spiro atoms. The van der Waals surface area contributed by atoms with E-state index >= 15 is 0 Å². The second-order valence-electron chi connectivity index (χ2n) is 3.16. The third kappa shape index (κ3) is 4.25. The third-order valence-electron chi connectivity index (χ3n) is 1.57. The van der Waals surface area contributed by atoms with Crippen molar-refractivity contribution in [2.24, 2.45) is 0 Å². The van der Waals surface area contributed by atoms with Crippen LogP contribution in [0.4, 0.5) is 8.78 Å². The van der Waals surface area contributed by atoms with Crippen molar-refractivity contribution in [2.45, 2.75) is 12.8 Å². The van der Waals surface area contributed by atoms with Crippen LogP contribution in [0.1, 0.15) is 17.3 Å². The van der Waals surface area contributed by atoms with E-state index in [1.807, 2.05) is 0 Å². The van der Waals surface area contributed by atoms with Crippen molar-refractivity contribution in [1.82, 2.24) is 0 Å². The molecule has 0 saturated carbocycles. The van der Waals surface area contributed by atoms with Crippen molar-refractivity contribution in [1.29, 1.82) is 0 Å². The number of benzene rings is 1. The van der Waals surface area contributed by atoms with E-state index < -0.39 is 17.8 Å². The molecule has 15 heavy (non-hydrogen) atoms. The van der Waals surface area contributed by atoms with E-state index in [2.05, 4.69) is 0 Å². The van der Waals surface area contributed by atoms with Crippen LogP contribution in [-0.4, -0.2) is 17.8 Å². The molecule has 0 aliphatic carbocycles. The van der Waals surface area contributed by atoms with Gasteiger partial charge in [-0.25, -0.2) is 8.78 Å². The Kier molecular flexibility index (Phi) is 3.63. The van der Waals surface area contributed by atoms with Gasteiger partial charge in [-0.05, 0) is 35.9 Å². The molecule has 0 aromatic heterocycles. The fourth-order valence-electron chi connectivity index (χ4n) is 0.892. The minimum atomic E-state index is -2.87. The predicted molar refractivity (Wildman–Crippen MR) is 52.7 cm³/mol. The normalized spacial score (nSPS) is 11.2. The lowest BCUT2D eigenvalue weighted by Gasteiger charge is -2.11. The van der Waals surface area contributed by atoms with Crippen LogP contribution in [0, 0.1) is 0 Å². The van der Waals surface area contributed by atoms with E-state index in [0.29, 0.717) is 5.56 Å². The molecule has 1 aromatic rings. The van der Waals surface area contributed by atoms with Gasteiger partial charge < -0.3 is 4.74 Å². The lowest BCUT2D eigenvalue weighted by molar-refractivity contribution is -0.0229. The van der Waals surface area contributed by atoms with Crippen molar-refractivity contribution in [2.75, 3.05) is 6.61 Å². The molecular weight excluding hydrogens is 226 g/mol. The Morgan fingerprint density at radius 1 is 1.40 bits per heavy atom. The summed E-state index contributed by atoms with van der Waals surface area (Å²) in [5.74, 6) is -2.60. The SMILES string of the molecule is CC(F)(F)COc1ccc(C(=O)Cl)cc1. The summed E-state index contributed by atoms with van der Waals surface area (Å²) in [5.41, 5.74) is 0.298. The van der Waals surface area contributed by atoms with Crippen LogP contribution >= 0.6 is 11.6 Å². The van der Waals surface area contributed by atoms with E-state index in [4.69, 9.17) is 16.3 Å². The topological polar surface area (TPSA) is 26.3 Å². The summed E-state index contributed by atoms with van der Waals surface area (Å²) >= 11 is 5.21. The summed E-state index contributed by atoms with van der Waals surface area (Å²) in [6.45, 7) is 0.0742. The average molecular weight is 235 g/mol. The fourth-order valence-corrected chi connectivity index (χ4v) is 1.02. The molecule has 0 unspecified atom stereocenters. The van der Waals surface area contributed by atoms with Crippen LogP contribution < -0.4 is 4.74 Å². The average Bonchev–Trinajstić information content (AvgIpc) is 2.14. The van der Waals surface area contributed by atoms with Crippen LogP contribution in [-0.2, 0) is 0 Å². The van der Waals surface area contributed by atoms with Crippen LogP contribution in [0.15, 0.2) is 24.3 Å². The van der Waals surface area contributed by atoms with Crippen molar-refractivity contribution < 1.29 is 18.3 Å². The number of alkyl halides is 2. The Morgan fingerprint density at radius 2 is 1.93 bits per heavy atom. The lowest BCUT2D eigenvalue weighted by Crippen LogP contribution is -2.20. The summed E-state index contributed by atoms with van der Waals surface area (Å²) in [7, 11) is 0. The minimum absolute atomic E-state index is 0.276. The Hall–Kier alpha value is -1.16. The molecule has 0 saturated heterocycles. The number of carbonyl (C=O) groups excluding carboxylic acids is 1. The second kappa shape index (κ2) is 4.57. The van der Waals surface area contributed by atoms with Gasteiger partial charge in [0.05, 0.1) is 0 Å². The maximum absolute atomic E-state index is 12.4. The van der Waals surface area contributed by atoms with Crippen LogP contribution in [0.2, 0.25) is 0 Å². The first-order valence-electron chi connectivity index (χ1n) is 4.19. The maximum Gasteiger partial charge on any atom is 0.278 e. The monoisotopic (exact) mass is 234 g/mol. The molecule has 2 nitrogen and oxygen atoms in total. The van der Waals surface area contributed by atoms with Crippen molar-refractivity contribution >= 4 is 16.8 Å². The first-order valence-corrected chi connectivity index (χ1v) is 4.57. The molecule has 0 atom stereocenters. The standard InChI is InChI=1S/C10H9ClF2O2/c1-10(12,13)6-15-8-4-2-7(3-5-8)9(11)14/h2-5H,6H2,1H3. The number of halogens is 3. The molecule has 0 amide bonds. The van der Waals surface area contributed by atoms with E-state index in [-0.39, 0.29) is 5.75 Å². The Balaban J connectivity index is 2.61. The van der Waals surface area contributed by atoms with E-state index in [1.165, 1.54) is 24.3 Å². The maximum atomic E-state index is 12.4. The molecule has 0 aliphatic rings. The van der Waals surface area contributed by atoms with Gasteiger partial charge >= 0.3 is 0 Å². The molecule has 0 fully saturated rings. The van der Waals surface area contributed by atoms with Gasteiger partial charge in [0.1, 0.15) is 5.75 Å². The molecule has 0 heterocycles. The molecule has 0 aliphatic heterocycles.